The molecule has 0 aromatic heterocycles. The minimum atomic E-state index is -0.948. The lowest BCUT2D eigenvalue weighted by Crippen LogP contribution is -1.99. The van der Waals surface area contributed by atoms with Crippen LogP contribution >= 0.6 is 27.7 Å². The third-order valence-electron chi connectivity index (χ3n) is 2.86. The van der Waals surface area contributed by atoms with Crippen LogP contribution in [0.3, 0.4) is 0 Å². The Morgan fingerprint density at radius 1 is 1.30 bits per heavy atom. The highest BCUT2D eigenvalue weighted by molar-refractivity contribution is 9.10. The van der Waals surface area contributed by atoms with E-state index in [1.54, 1.807) is 24.3 Å². The van der Waals surface area contributed by atoms with Crippen molar-refractivity contribution in [3.8, 4) is 0 Å². The first-order valence-corrected chi connectivity index (χ1v) is 7.66. The second-order valence-corrected chi connectivity index (χ2v) is 6.24. The van der Waals surface area contributed by atoms with Crippen LogP contribution in [0.1, 0.15) is 21.5 Å². The van der Waals surface area contributed by atoms with Gasteiger partial charge in [0.25, 0.3) is 0 Å². The topological polar surface area (TPSA) is 37.3 Å². The molecule has 0 saturated heterocycles. The van der Waals surface area contributed by atoms with Crippen molar-refractivity contribution in [2.24, 2.45) is 0 Å². The summed E-state index contributed by atoms with van der Waals surface area (Å²) >= 11 is 4.77. The minimum Gasteiger partial charge on any atom is -0.478 e. The third kappa shape index (κ3) is 3.61. The van der Waals surface area contributed by atoms with Gasteiger partial charge in [0, 0.05) is 15.1 Å². The molecule has 0 aliphatic carbocycles. The summed E-state index contributed by atoms with van der Waals surface area (Å²) in [5.74, 6) is -0.608. The molecule has 0 aliphatic heterocycles. The molecular weight excluding hydrogens is 343 g/mol. The van der Waals surface area contributed by atoms with E-state index in [9.17, 15) is 9.18 Å². The highest BCUT2D eigenvalue weighted by atomic mass is 79.9. The van der Waals surface area contributed by atoms with E-state index in [1.807, 2.05) is 6.92 Å². The maximum atomic E-state index is 13.0. The first-order chi connectivity index (χ1) is 9.47. The maximum absolute atomic E-state index is 13.0. The van der Waals surface area contributed by atoms with Crippen molar-refractivity contribution in [3.63, 3.8) is 0 Å². The zero-order chi connectivity index (χ0) is 14.7. The first-order valence-electron chi connectivity index (χ1n) is 5.88. The number of rotatable bonds is 4. The largest absolute Gasteiger partial charge is 0.478 e. The fourth-order valence-corrected chi connectivity index (χ4v) is 3.44. The molecule has 2 aromatic rings. The van der Waals surface area contributed by atoms with E-state index in [-0.39, 0.29) is 11.4 Å². The summed E-state index contributed by atoms with van der Waals surface area (Å²) in [7, 11) is 0. The Balaban J connectivity index is 2.22. The van der Waals surface area contributed by atoms with Crippen LogP contribution in [0.4, 0.5) is 4.39 Å². The fraction of sp³-hybridized carbons (Fsp3) is 0.133. The van der Waals surface area contributed by atoms with Gasteiger partial charge in [-0.3, -0.25) is 0 Å². The summed E-state index contributed by atoms with van der Waals surface area (Å²) in [6.07, 6.45) is 0. The molecule has 0 spiro atoms. The van der Waals surface area contributed by atoms with Crippen LogP contribution in [0.5, 0.6) is 0 Å². The lowest BCUT2D eigenvalue weighted by molar-refractivity contribution is 0.0693. The number of carboxylic acids is 1. The van der Waals surface area contributed by atoms with Crippen LogP contribution in [0.2, 0.25) is 0 Å². The molecule has 0 atom stereocenters. The maximum Gasteiger partial charge on any atom is 0.336 e. The summed E-state index contributed by atoms with van der Waals surface area (Å²) in [5.41, 5.74) is 2.13. The van der Waals surface area contributed by atoms with Gasteiger partial charge in [-0.25, -0.2) is 9.18 Å². The van der Waals surface area contributed by atoms with Crippen molar-refractivity contribution < 1.29 is 14.3 Å². The molecule has 104 valence electrons. The van der Waals surface area contributed by atoms with Gasteiger partial charge in [0.1, 0.15) is 5.82 Å². The molecule has 0 heterocycles. The Morgan fingerprint density at radius 2 is 2.05 bits per heavy atom. The zero-order valence-corrected chi connectivity index (χ0v) is 13.1. The van der Waals surface area contributed by atoms with Gasteiger partial charge in [0.15, 0.2) is 0 Å². The van der Waals surface area contributed by atoms with E-state index in [1.165, 1.54) is 23.9 Å². The molecule has 2 nitrogen and oxygen atoms in total. The first kappa shape index (κ1) is 15.1. The lowest BCUT2D eigenvalue weighted by atomic mass is 10.1. The molecule has 0 radical (unpaired) electrons. The number of hydrogen-bond donors (Lipinski definition) is 1. The minimum absolute atomic E-state index is 0.259. The Bertz CT molecular complexity index is 658. The van der Waals surface area contributed by atoms with Gasteiger partial charge < -0.3 is 5.11 Å². The molecule has 1 N–H and O–H groups in total. The van der Waals surface area contributed by atoms with Crippen LogP contribution in [0, 0.1) is 12.7 Å². The van der Waals surface area contributed by atoms with E-state index in [2.05, 4.69) is 15.9 Å². The van der Waals surface area contributed by atoms with Gasteiger partial charge in [-0.2, -0.15) is 0 Å². The molecule has 0 fully saturated rings. The number of carbonyl (C=O) groups is 1. The second-order valence-electron chi connectivity index (χ2n) is 4.31. The molecular formula is C15H12BrFO2S. The van der Waals surface area contributed by atoms with Crippen LogP contribution < -0.4 is 0 Å². The van der Waals surface area contributed by atoms with Crippen molar-refractivity contribution in [2.75, 3.05) is 0 Å². The van der Waals surface area contributed by atoms with Crippen LogP contribution in [0.25, 0.3) is 0 Å². The quantitative estimate of drug-likeness (QED) is 0.794. The standard InChI is InChI=1S/C15H12BrFO2S/c1-9-6-12(17)4-2-10(9)8-20-14-7-11(16)3-5-13(14)15(18)19/h2-7H,8H2,1H3,(H,18,19). The van der Waals surface area contributed by atoms with Gasteiger partial charge in [0.2, 0.25) is 0 Å². The molecule has 5 heteroatoms. The number of thioether (sulfide) groups is 1. The molecule has 0 saturated carbocycles. The van der Waals surface area contributed by atoms with Gasteiger partial charge in [-0.15, -0.1) is 11.8 Å². The molecule has 0 amide bonds. The van der Waals surface area contributed by atoms with Gasteiger partial charge in [-0.05, 0) is 48.4 Å². The summed E-state index contributed by atoms with van der Waals surface area (Å²) in [4.78, 5) is 11.9. The van der Waals surface area contributed by atoms with Gasteiger partial charge in [-0.1, -0.05) is 22.0 Å². The Kier molecular flexibility index (Phi) is 4.83. The molecule has 2 aromatic carbocycles. The third-order valence-corrected chi connectivity index (χ3v) is 4.46. The number of benzene rings is 2. The number of aromatic carboxylic acids is 1. The monoisotopic (exact) mass is 354 g/mol. The highest BCUT2D eigenvalue weighted by Crippen LogP contribution is 2.30. The average Bonchev–Trinajstić information content (AvgIpc) is 2.37. The van der Waals surface area contributed by atoms with E-state index in [0.29, 0.717) is 10.6 Å². The second kappa shape index (κ2) is 6.41. The van der Waals surface area contributed by atoms with E-state index in [4.69, 9.17) is 5.11 Å². The SMILES string of the molecule is Cc1cc(F)ccc1CSc1cc(Br)ccc1C(=O)O. The van der Waals surface area contributed by atoms with Gasteiger partial charge in [0.05, 0.1) is 5.56 Å². The van der Waals surface area contributed by atoms with E-state index in [0.717, 1.165) is 15.6 Å². The predicted molar refractivity (Wildman–Crippen MR) is 81.8 cm³/mol. The number of hydrogen-bond acceptors (Lipinski definition) is 2. The highest BCUT2D eigenvalue weighted by Gasteiger charge is 2.11. The number of aryl methyl sites for hydroxylation is 1. The number of halogens is 2. The van der Waals surface area contributed by atoms with Crippen LogP contribution in [-0.4, -0.2) is 11.1 Å². The van der Waals surface area contributed by atoms with Crippen LogP contribution in [-0.2, 0) is 5.75 Å². The summed E-state index contributed by atoms with van der Waals surface area (Å²) in [6.45, 7) is 1.85. The van der Waals surface area contributed by atoms with Crippen LogP contribution in [0.15, 0.2) is 45.8 Å². The summed E-state index contributed by atoms with van der Waals surface area (Å²) in [5, 5.41) is 9.17. The molecule has 0 aliphatic rings. The van der Waals surface area contributed by atoms with E-state index >= 15 is 0 Å². The summed E-state index contributed by atoms with van der Waals surface area (Å²) in [6, 6.07) is 9.70. The molecule has 2 rings (SSSR count). The smallest absolute Gasteiger partial charge is 0.336 e. The van der Waals surface area contributed by atoms with Crippen molar-refractivity contribution in [3.05, 3.63) is 63.4 Å². The van der Waals surface area contributed by atoms with Crippen molar-refractivity contribution in [1.82, 2.24) is 0 Å². The van der Waals surface area contributed by atoms with E-state index < -0.39 is 5.97 Å². The van der Waals surface area contributed by atoms with Gasteiger partial charge >= 0.3 is 5.97 Å². The Hall–Kier alpha value is -1.33. The fourth-order valence-electron chi connectivity index (χ4n) is 1.77. The average molecular weight is 355 g/mol. The van der Waals surface area contributed by atoms with Crippen molar-refractivity contribution in [1.29, 1.82) is 0 Å². The lowest BCUT2D eigenvalue weighted by Gasteiger charge is -2.08. The Morgan fingerprint density at radius 3 is 2.70 bits per heavy atom. The van der Waals surface area contributed by atoms with Crippen molar-refractivity contribution in [2.45, 2.75) is 17.6 Å². The predicted octanol–water partition coefficient (Wildman–Crippen LogP) is 4.89. The van der Waals surface area contributed by atoms with Crippen molar-refractivity contribution >= 4 is 33.7 Å². The molecule has 0 bridgehead atoms. The number of carboxylic acid groups (broad SMARTS) is 1. The zero-order valence-electron chi connectivity index (χ0n) is 10.7. The molecule has 20 heavy (non-hydrogen) atoms. The molecule has 0 unspecified atom stereocenters. The normalized spacial score (nSPS) is 10.6. The summed E-state index contributed by atoms with van der Waals surface area (Å²) < 4.78 is 13.9. The Labute approximate surface area is 129 Å².